The summed E-state index contributed by atoms with van der Waals surface area (Å²) in [6.07, 6.45) is -0.695. The minimum atomic E-state index is -0.695. The van der Waals surface area contributed by atoms with Crippen LogP contribution in [0.3, 0.4) is 0 Å². The topological polar surface area (TPSA) is 96.7 Å². The van der Waals surface area contributed by atoms with E-state index in [4.69, 9.17) is 18.9 Å². The number of nitrogens with zero attached hydrogens (tertiary/aromatic N) is 2. The highest BCUT2D eigenvalue weighted by atomic mass is 16.6. The Labute approximate surface area is 115 Å². The van der Waals surface area contributed by atoms with Gasteiger partial charge in [0.05, 0.1) is 46.2 Å². The molecule has 0 radical (unpaired) electrons. The van der Waals surface area contributed by atoms with Crippen LogP contribution in [0.25, 0.3) is 0 Å². The quantitative estimate of drug-likeness (QED) is 0.672. The van der Waals surface area contributed by atoms with Crippen molar-refractivity contribution in [1.29, 1.82) is 0 Å². The molecule has 20 heavy (non-hydrogen) atoms. The Hall–Kier alpha value is -1.42. The second-order valence-electron chi connectivity index (χ2n) is 4.25. The number of aromatic nitrogens is 3. The molecule has 0 bridgehead atoms. The molecule has 2 heterocycles. The molecule has 0 spiro atoms. The first-order valence-corrected chi connectivity index (χ1v) is 6.42. The minimum Gasteiger partial charge on any atom is -0.377 e. The Morgan fingerprint density at radius 2 is 1.60 bits per heavy atom. The van der Waals surface area contributed by atoms with E-state index in [-0.39, 0.29) is 13.2 Å². The van der Waals surface area contributed by atoms with E-state index in [2.05, 4.69) is 5.10 Å². The van der Waals surface area contributed by atoms with Crippen molar-refractivity contribution in [2.45, 2.75) is 6.23 Å². The number of hydrogen-bond donors (Lipinski definition) is 1. The van der Waals surface area contributed by atoms with E-state index < -0.39 is 17.6 Å². The molecule has 1 atom stereocenters. The van der Waals surface area contributed by atoms with Gasteiger partial charge in [-0.1, -0.05) is 0 Å². The maximum Gasteiger partial charge on any atom is 0.349 e. The molecule has 1 aliphatic rings. The van der Waals surface area contributed by atoms with Gasteiger partial charge in [-0.25, -0.2) is 23.9 Å². The zero-order chi connectivity index (χ0) is 14.4. The molecule has 0 saturated carbocycles. The zero-order valence-corrected chi connectivity index (χ0v) is 11.4. The molecule has 9 nitrogen and oxygen atoms in total. The molecule has 1 aromatic rings. The summed E-state index contributed by atoms with van der Waals surface area (Å²) in [6, 6.07) is 0. The molecule has 2 rings (SSSR count). The fourth-order valence-corrected chi connectivity index (χ4v) is 1.73. The maximum absolute atomic E-state index is 11.9. The fraction of sp³-hybridized carbons (Fsp3) is 0.818. The van der Waals surface area contributed by atoms with Gasteiger partial charge in [-0.05, 0) is 0 Å². The summed E-state index contributed by atoms with van der Waals surface area (Å²) < 4.78 is 23.6. The highest BCUT2D eigenvalue weighted by molar-refractivity contribution is 4.70. The first-order valence-electron chi connectivity index (χ1n) is 6.42. The van der Waals surface area contributed by atoms with Crippen molar-refractivity contribution in [3.63, 3.8) is 0 Å². The van der Waals surface area contributed by atoms with Crippen LogP contribution in [0.15, 0.2) is 9.59 Å². The van der Waals surface area contributed by atoms with E-state index in [1.165, 1.54) is 7.05 Å². The molecule has 1 saturated heterocycles. The van der Waals surface area contributed by atoms with E-state index in [9.17, 15) is 9.59 Å². The lowest BCUT2D eigenvalue weighted by atomic mass is 10.5. The van der Waals surface area contributed by atoms with Crippen LogP contribution in [-0.2, 0) is 26.0 Å². The largest absolute Gasteiger partial charge is 0.377 e. The Bertz CT molecular complexity index is 507. The van der Waals surface area contributed by atoms with Gasteiger partial charge in [-0.15, -0.1) is 0 Å². The number of rotatable bonds is 1. The standard InChI is InChI=1S/C11H19N3O6/c1-13-10(15)12-14(11(13)16)9-8-19-5-4-17-2-3-18-6-7-20-9/h9H,2-8H2,1H3,(H,12,15)/t9-/m1/s1. The van der Waals surface area contributed by atoms with Crippen LogP contribution in [0, 0.1) is 0 Å². The van der Waals surface area contributed by atoms with E-state index in [1.54, 1.807) is 0 Å². The van der Waals surface area contributed by atoms with Crippen molar-refractivity contribution in [2.75, 3.05) is 46.2 Å². The molecule has 114 valence electrons. The van der Waals surface area contributed by atoms with Crippen LogP contribution in [0.1, 0.15) is 6.23 Å². The van der Waals surface area contributed by atoms with Gasteiger partial charge in [0.15, 0.2) is 6.23 Å². The predicted octanol–water partition coefficient (Wildman–Crippen LogP) is -1.55. The lowest BCUT2D eigenvalue weighted by Crippen LogP contribution is -2.32. The van der Waals surface area contributed by atoms with Gasteiger partial charge in [0.1, 0.15) is 0 Å². The average molecular weight is 289 g/mol. The molecule has 1 N–H and O–H groups in total. The smallest absolute Gasteiger partial charge is 0.349 e. The van der Waals surface area contributed by atoms with Crippen molar-refractivity contribution in [3.8, 4) is 0 Å². The number of ether oxygens (including phenoxy) is 4. The van der Waals surface area contributed by atoms with Crippen LogP contribution >= 0.6 is 0 Å². The molecule has 0 unspecified atom stereocenters. The van der Waals surface area contributed by atoms with Gasteiger partial charge in [-0.3, -0.25) is 0 Å². The Balaban J connectivity index is 2.07. The SMILES string of the molecule is Cn1c(=O)[nH]n([C@H]2COCCOCCOCCO2)c1=O. The van der Waals surface area contributed by atoms with Crippen molar-refractivity contribution < 1.29 is 18.9 Å². The molecule has 1 aliphatic heterocycles. The molecular formula is C11H19N3O6. The second-order valence-corrected chi connectivity index (χ2v) is 4.25. The number of H-pyrrole nitrogens is 1. The van der Waals surface area contributed by atoms with E-state index in [0.29, 0.717) is 33.0 Å². The average Bonchev–Trinajstić information content (AvgIpc) is 2.67. The molecule has 0 aromatic carbocycles. The van der Waals surface area contributed by atoms with Gasteiger partial charge in [0, 0.05) is 7.05 Å². The van der Waals surface area contributed by atoms with Gasteiger partial charge >= 0.3 is 11.4 Å². The first-order chi connectivity index (χ1) is 9.70. The fourth-order valence-electron chi connectivity index (χ4n) is 1.73. The van der Waals surface area contributed by atoms with Crippen LogP contribution in [0.4, 0.5) is 0 Å². The van der Waals surface area contributed by atoms with Crippen molar-refractivity contribution >= 4 is 0 Å². The van der Waals surface area contributed by atoms with Gasteiger partial charge in [0.2, 0.25) is 0 Å². The van der Waals surface area contributed by atoms with Gasteiger partial charge in [0.25, 0.3) is 0 Å². The Morgan fingerprint density at radius 3 is 2.20 bits per heavy atom. The minimum absolute atomic E-state index is 0.142. The number of hydrogen-bond acceptors (Lipinski definition) is 6. The maximum atomic E-state index is 11.9. The van der Waals surface area contributed by atoms with E-state index in [1.807, 2.05) is 0 Å². The third-order valence-corrected chi connectivity index (χ3v) is 2.84. The van der Waals surface area contributed by atoms with E-state index in [0.717, 1.165) is 9.25 Å². The van der Waals surface area contributed by atoms with Crippen LogP contribution in [0.5, 0.6) is 0 Å². The highest BCUT2D eigenvalue weighted by Crippen LogP contribution is 2.05. The number of aromatic amines is 1. The lowest BCUT2D eigenvalue weighted by Gasteiger charge is -2.19. The molecule has 1 aromatic heterocycles. The predicted molar refractivity (Wildman–Crippen MR) is 67.7 cm³/mol. The highest BCUT2D eigenvalue weighted by Gasteiger charge is 2.17. The Morgan fingerprint density at radius 1 is 1.00 bits per heavy atom. The third kappa shape index (κ3) is 3.79. The second kappa shape index (κ2) is 7.39. The summed E-state index contributed by atoms with van der Waals surface area (Å²) in [5.41, 5.74) is -0.975. The monoisotopic (exact) mass is 289 g/mol. The van der Waals surface area contributed by atoms with Crippen LogP contribution in [0.2, 0.25) is 0 Å². The van der Waals surface area contributed by atoms with Gasteiger partial charge < -0.3 is 18.9 Å². The van der Waals surface area contributed by atoms with Crippen LogP contribution < -0.4 is 11.4 Å². The van der Waals surface area contributed by atoms with Crippen LogP contribution in [-0.4, -0.2) is 60.6 Å². The Kier molecular flexibility index (Phi) is 5.53. The summed E-state index contributed by atoms with van der Waals surface area (Å²) in [5.74, 6) is 0. The van der Waals surface area contributed by atoms with Gasteiger partial charge in [-0.2, -0.15) is 0 Å². The first kappa shape index (κ1) is 15.0. The normalized spacial score (nSPS) is 22.9. The van der Waals surface area contributed by atoms with Crippen molar-refractivity contribution in [3.05, 3.63) is 21.0 Å². The number of nitrogens with one attached hydrogen (secondary N) is 1. The van der Waals surface area contributed by atoms with E-state index >= 15 is 0 Å². The molecule has 0 aliphatic carbocycles. The summed E-state index contributed by atoms with van der Waals surface area (Å²) >= 11 is 0. The third-order valence-electron chi connectivity index (χ3n) is 2.84. The molecule has 1 fully saturated rings. The summed E-state index contributed by atoms with van der Waals surface area (Å²) in [6.45, 7) is 2.63. The van der Waals surface area contributed by atoms with Crippen molar-refractivity contribution in [1.82, 2.24) is 14.3 Å². The summed E-state index contributed by atoms with van der Waals surface area (Å²) in [7, 11) is 1.39. The zero-order valence-electron chi connectivity index (χ0n) is 11.4. The molecule has 9 heteroatoms. The molecule has 0 amide bonds. The lowest BCUT2D eigenvalue weighted by molar-refractivity contribution is -0.0989. The summed E-state index contributed by atoms with van der Waals surface area (Å²) in [4.78, 5) is 23.3. The molecular weight excluding hydrogens is 270 g/mol. The van der Waals surface area contributed by atoms with Crippen molar-refractivity contribution in [2.24, 2.45) is 7.05 Å². The summed E-state index contributed by atoms with van der Waals surface area (Å²) in [5, 5.41) is 2.43.